The molecule has 1 aliphatic rings. The Balaban J connectivity index is 2.14. The maximum Gasteiger partial charge on any atom is 0.315 e. The Morgan fingerprint density at radius 3 is 3.06 bits per heavy atom. The van der Waals surface area contributed by atoms with Crippen molar-refractivity contribution >= 4 is 17.8 Å². The van der Waals surface area contributed by atoms with Gasteiger partial charge in [0.05, 0.1) is 5.60 Å². The maximum absolute atomic E-state index is 11.6. The lowest BCUT2D eigenvalue weighted by atomic mass is 10.0. The fourth-order valence-electron chi connectivity index (χ4n) is 1.90. The van der Waals surface area contributed by atoms with Crippen LogP contribution in [0.15, 0.2) is 12.7 Å². The molecule has 3 N–H and O–H groups in total. The summed E-state index contributed by atoms with van der Waals surface area (Å²) in [5, 5.41) is 15.7. The highest BCUT2D eigenvalue weighted by molar-refractivity contribution is 7.99. The van der Waals surface area contributed by atoms with Gasteiger partial charge in [-0.2, -0.15) is 11.8 Å². The summed E-state index contributed by atoms with van der Waals surface area (Å²) < 4.78 is 0. The van der Waals surface area contributed by atoms with Crippen LogP contribution in [0.5, 0.6) is 0 Å². The lowest BCUT2D eigenvalue weighted by molar-refractivity contribution is 0.0698. The first-order valence-electron chi connectivity index (χ1n) is 6.51. The molecule has 1 aliphatic heterocycles. The molecule has 5 heteroatoms. The Hall–Kier alpha value is -0.680. The number of thioether (sulfide) groups is 1. The van der Waals surface area contributed by atoms with Crippen molar-refractivity contribution in [1.82, 2.24) is 10.6 Å². The number of nitrogens with one attached hydrogen (secondary N) is 2. The van der Waals surface area contributed by atoms with Crippen LogP contribution in [-0.2, 0) is 0 Å². The monoisotopic (exact) mass is 272 g/mol. The summed E-state index contributed by atoms with van der Waals surface area (Å²) in [5.74, 6) is 1.68. The van der Waals surface area contributed by atoms with Crippen LogP contribution >= 0.6 is 11.8 Å². The fraction of sp³-hybridized carbons (Fsp3) is 0.769. The van der Waals surface area contributed by atoms with Gasteiger partial charge in [0.2, 0.25) is 0 Å². The molecule has 0 saturated carbocycles. The molecule has 18 heavy (non-hydrogen) atoms. The number of rotatable bonds is 7. The number of hydrogen-bond acceptors (Lipinski definition) is 3. The highest BCUT2D eigenvalue weighted by atomic mass is 32.2. The van der Waals surface area contributed by atoms with E-state index < -0.39 is 5.60 Å². The summed E-state index contributed by atoms with van der Waals surface area (Å²) in [6.45, 7) is 6.00. The number of amides is 2. The van der Waals surface area contributed by atoms with Crippen molar-refractivity contribution in [2.75, 3.05) is 18.1 Å². The van der Waals surface area contributed by atoms with Gasteiger partial charge in [-0.3, -0.25) is 0 Å². The van der Waals surface area contributed by atoms with E-state index in [9.17, 15) is 9.90 Å². The minimum atomic E-state index is -0.714. The van der Waals surface area contributed by atoms with Gasteiger partial charge >= 0.3 is 6.03 Å². The maximum atomic E-state index is 11.6. The summed E-state index contributed by atoms with van der Waals surface area (Å²) >= 11 is 1.73. The number of aliphatic hydroxyl groups is 1. The fourth-order valence-corrected chi connectivity index (χ4v) is 3.19. The van der Waals surface area contributed by atoms with Crippen LogP contribution in [0.25, 0.3) is 0 Å². The van der Waals surface area contributed by atoms with Gasteiger partial charge in [-0.25, -0.2) is 4.79 Å². The van der Waals surface area contributed by atoms with Crippen molar-refractivity contribution in [3.63, 3.8) is 0 Å². The third kappa shape index (κ3) is 5.78. The minimum Gasteiger partial charge on any atom is -0.387 e. The van der Waals surface area contributed by atoms with Crippen LogP contribution in [0.4, 0.5) is 4.79 Å². The van der Waals surface area contributed by atoms with Crippen LogP contribution in [0.1, 0.15) is 32.6 Å². The first-order chi connectivity index (χ1) is 8.56. The topological polar surface area (TPSA) is 61.4 Å². The highest BCUT2D eigenvalue weighted by Gasteiger charge is 2.31. The molecule has 0 bridgehead atoms. The van der Waals surface area contributed by atoms with Gasteiger partial charge in [0.25, 0.3) is 0 Å². The van der Waals surface area contributed by atoms with Crippen molar-refractivity contribution in [3.05, 3.63) is 12.7 Å². The van der Waals surface area contributed by atoms with Gasteiger partial charge in [-0.05, 0) is 38.4 Å². The van der Waals surface area contributed by atoms with Crippen LogP contribution in [0.3, 0.4) is 0 Å². The van der Waals surface area contributed by atoms with Crippen LogP contribution in [0, 0.1) is 0 Å². The van der Waals surface area contributed by atoms with Gasteiger partial charge < -0.3 is 15.7 Å². The van der Waals surface area contributed by atoms with Gasteiger partial charge in [-0.1, -0.05) is 6.08 Å². The Morgan fingerprint density at radius 2 is 2.44 bits per heavy atom. The molecule has 0 aromatic rings. The normalized spacial score (nSPS) is 24.6. The minimum absolute atomic E-state index is 0.151. The second kappa shape index (κ2) is 7.69. The number of carbonyl (C=O) groups excluding carboxylic acids is 1. The molecular weight excluding hydrogens is 248 g/mol. The predicted octanol–water partition coefficient (Wildman–Crippen LogP) is 1.90. The Kier molecular flexibility index (Phi) is 6.57. The first kappa shape index (κ1) is 15.4. The van der Waals surface area contributed by atoms with Crippen LogP contribution in [-0.4, -0.2) is 40.8 Å². The van der Waals surface area contributed by atoms with Crippen molar-refractivity contribution in [1.29, 1.82) is 0 Å². The smallest absolute Gasteiger partial charge is 0.315 e. The van der Waals surface area contributed by atoms with E-state index in [-0.39, 0.29) is 12.1 Å². The van der Waals surface area contributed by atoms with Gasteiger partial charge in [0, 0.05) is 18.3 Å². The lowest BCUT2D eigenvalue weighted by Crippen LogP contribution is -2.48. The SMILES string of the molecule is C=CCCCC(C)NC(=O)NCC1(O)CCSC1. The molecule has 0 aromatic heterocycles. The third-order valence-corrected chi connectivity index (χ3v) is 4.32. The molecular formula is C13H24N2O2S. The molecule has 104 valence electrons. The number of hydrogen-bond donors (Lipinski definition) is 3. The van der Waals surface area contributed by atoms with Crippen molar-refractivity contribution in [2.24, 2.45) is 0 Å². The Bertz CT molecular complexity index is 278. The molecule has 2 atom stereocenters. The lowest BCUT2D eigenvalue weighted by Gasteiger charge is -2.22. The predicted molar refractivity (Wildman–Crippen MR) is 76.9 cm³/mol. The summed E-state index contributed by atoms with van der Waals surface area (Å²) in [5.41, 5.74) is -0.714. The average molecular weight is 272 g/mol. The standard InChI is InChI=1S/C13H24N2O2S/c1-3-4-5-6-11(2)15-12(16)14-9-13(17)7-8-18-10-13/h3,11,17H,1,4-10H2,2H3,(H2,14,15,16). The molecule has 1 saturated heterocycles. The number of allylic oxidation sites excluding steroid dienone is 1. The van der Waals surface area contributed by atoms with Crippen molar-refractivity contribution in [3.8, 4) is 0 Å². The van der Waals surface area contributed by atoms with Gasteiger partial charge in [-0.15, -0.1) is 6.58 Å². The largest absolute Gasteiger partial charge is 0.387 e. The molecule has 1 heterocycles. The molecule has 2 amide bonds. The van der Waals surface area contributed by atoms with Crippen molar-refractivity contribution in [2.45, 2.75) is 44.2 Å². The molecule has 1 rings (SSSR count). The van der Waals surface area contributed by atoms with E-state index in [1.54, 1.807) is 11.8 Å². The highest BCUT2D eigenvalue weighted by Crippen LogP contribution is 2.26. The van der Waals surface area contributed by atoms with E-state index in [1.165, 1.54) is 0 Å². The first-order valence-corrected chi connectivity index (χ1v) is 7.66. The molecule has 2 unspecified atom stereocenters. The van der Waals surface area contributed by atoms with Crippen LogP contribution in [0.2, 0.25) is 0 Å². The number of unbranched alkanes of at least 4 members (excludes halogenated alkanes) is 1. The molecule has 4 nitrogen and oxygen atoms in total. The van der Waals surface area contributed by atoms with Crippen LogP contribution < -0.4 is 10.6 Å². The Morgan fingerprint density at radius 1 is 1.67 bits per heavy atom. The zero-order valence-electron chi connectivity index (χ0n) is 11.1. The van der Waals surface area contributed by atoms with E-state index in [0.29, 0.717) is 12.3 Å². The summed E-state index contributed by atoms with van der Waals surface area (Å²) in [6, 6.07) is -0.0380. The number of carbonyl (C=O) groups is 1. The van der Waals surface area contributed by atoms with Crippen molar-refractivity contribution < 1.29 is 9.90 Å². The summed E-state index contributed by atoms with van der Waals surface area (Å²) in [4.78, 5) is 11.6. The third-order valence-electron chi connectivity index (χ3n) is 3.08. The quantitative estimate of drug-likeness (QED) is 0.490. The molecule has 0 aromatic carbocycles. The molecule has 0 spiro atoms. The average Bonchev–Trinajstić information content (AvgIpc) is 2.75. The second-order valence-electron chi connectivity index (χ2n) is 4.97. The number of urea groups is 1. The molecule has 0 aliphatic carbocycles. The summed E-state index contributed by atoms with van der Waals surface area (Å²) in [7, 11) is 0. The molecule has 0 radical (unpaired) electrons. The second-order valence-corrected chi connectivity index (χ2v) is 6.08. The van der Waals surface area contributed by atoms with Gasteiger partial charge in [0.15, 0.2) is 0 Å². The van der Waals surface area contributed by atoms with E-state index in [2.05, 4.69) is 17.2 Å². The van der Waals surface area contributed by atoms with Gasteiger partial charge in [0.1, 0.15) is 0 Å². The van der Waals surface area contributed by atoms with E-state index in [1.807, 2.05) is 13.0 Å². The van der Waals surface area contributed by atoms with E-state index >= 15 is 0 Å². The summed E-state index contributed by atoms with van der Waals surface area (Å²) in [6.07, 6.45) is 5.60. The Labute approximate surface area is 114 Å². The van der Waals surface area contributed by atoms with E-state index in [0.717, 1.165) is 31.4 Å². The zero-order chi connectivity index (χ0) is 13.4. The zero-order valence-corrected chi connectivity index (χ0v) is 11.9. The molecule has 1 fully saturated rings. The van der Waals surface area contributed by atoms with E-state index in [4.69, 9.17) is 0 Å².